The Morgan fingerprint density at radius 2 is 1.95 bits per heavy atom. The van der Waals surface area contributed by atoms with E-state index in [1.165, 1.54) is 24.3 Å². The smallest absolute Gasteiger partial charge is 0.339 e. The molecule has 0 aliphatic rings. The molecule has 1 N–H and O–H groups in total. The van der Waals surface area contributed by atoms with Gasteiger partial charge in [-0.1, -0.05) is 35.9 Å². The number of hydrogen-bond acceptors (Lipinski definition) is 2. The van der Waals surface area contributed by atoms with E-state index in [9.17, 15) is 9.18 Å². The first-order chi connectivity index (χ1) is 9.09. The van der Waals surface area contributed by atoms with Crippen LogP contribution in [0.5, 0.6) is 5.75 Å². The Balaban J connectivity index is 2.25. The highest BCUT2D eigenvalue weighted by Gasteiger charge is 2.15. The zero-order valence-electron chi connectivity index (χ0n) is 9.77. The third-order valence-corrected chi connectivity index (χ3v) is 2.82. The summed E-state index contributed by atoms with van der Waals surface area (Å²) < 4.78 is 18.8. The third kappa shape index (κ3) is 3.03. The molecule has 2 aromatic rings. The summed E-state index contributed by atoms with van der Waals surface area (Å²) in [5, 5.41) is 9.21. The van der Waals surface area contributed by atoms with E-state index in [1.807, 2.05) is 0 Å². The van der Waals surface area contributed by atoms with Gasteiger partial charge in [-0.05, 0) is 18.2 Å². The number of rotatable bonds is 4. The first-order valence-electron chi connectivity index (χ1n) is 5.47. The molecule has 0 bridgehead atoms. The van der Waals surface area contributed by atoms with Crippen molar-refractivity contribution in [1.29, 1.82) is 0 Å². The van der Waals surface area contributed by atoms with Crippen molar-refractivity contribution >= 4 is 17.6 Å². The van der Waals surface area contributed by atoms with Gasteiger partial charge in [0, 0.05) is 5.56 Å². The zero-order valence-corrected chi connectivity index (χ0v) is 10.5. The number of carboxylic acid groups (broad SMARTS) is 1. The number of para-hydroxylation sites is 1. The van der Waals surface area contributed by atoms with Crippen molar-refractivity contribution in [3.05, 3.63) is 64.4 Å². The summed E-state index contributed by atoms with van der Waals surface area (Å²) in [5.41, 5.74) is 0.280. The van der Waals surface area contributed by atoms with Gasteiger partial charge in [0.1, 0.15) is 18.0 Å². The van der Waals surface area contributed by atoms with E-state index in [0.29, 0.717) is 5.56 Å². The normalized spacial score (nSPS) is 10.2. The molecule has 3 nitrogen and oxygen atoms in total. The van der Waals surface area contributed by atoms with Crippen molar-refractivity contribution in [1.82, 2.24) is 0 Å². The number of carbonyl (C=O) groups is 1. The Bertz CT molecular complexity index is 613. The minimum atomic E-state index is -1.15. The van der Waals surface area contributed by atoms with Crippen LogP contribution in [0, 0.1) is 5.82 Å². The van der Waals surface area contributed by atoms with Crippen LogP contribution in [-0.4, -0.2) is 11.1 Å². The van der Waals surface area contributed by atoms with E-state index in [2.05, 4.69) is 0 Å². The highest BCUT2D eigenvalue weighted by molar-refractivity contribution is 6.32. The summed E-state index contributed by atoms with van der Waals surface area (Å²) in [4.78, 5) is 11.0. The van der Waals surface area contributed by atoms with Crippen molar-refractivity contribution in [2.75, 3.05) is 0 Å². The molecule has 0 unspecified atom stereocenters. The second-order valence-corrected chi connectivity index (χ2v) is 4.21. The average Bonchev–Trinajstić information content (AvgIpc) is 2.38. The van der Waals surface area contributed by atoms with Crippen LogP contribution in [0.3, 0.4) is 0 Å². The largest absolute Gasteiger partial charge is 0.486 e. The first-order valence-corrected chi connectivity index (χ1v) is 5.85. The Morgan fingerprint density at radius 3 is 2.63 bits per heavy atom. The quantitative estimate of drug-likeness (QED) is 0.927. The maximum Gasteiger partial charge on any atom is 0.339 e. The molecule has 0 aliphatic heterocycles. The van der Waals surface area contributed by atoms with Gasteiger partial charge in [0.2, 0.25) is 0 Å². The molecule has 0 fully saturated rings. The van der Waals surface area contributed by atoms with Crippen molar-refractivity contribution in [2.45, 2.75) is 6.61 Å². The fourth-order valence-corrected chi connectivity index (χ4v) is 1.82. The van der Waals surface area contributed by atoms with Crippen LogP contribution in [0.15, 0.2) is 42.5 Å². The highest BCUT2D eigenvalue weighted by atomic mass is 35.5. The Hall–Kier alpha value is -2.07. The summed E-state index contributed by atoms with van der Waals surface area (Å²) in [5.74, 6) is -1.52. The van der Waals surface area contributed by atoms with E-state index >= 15 is 0 Å². The lowest BCUT2D eigenvalue weighted by molar-refractivity contribution is 0.0691. The topological polar surface area (TPSA) is 46.5 Å². The molecular formula is C14H10ClFO3. The lowest BCUT2D eigenvalue weighted by atomic mass is 10.2. The zero-order chi connectivity index (χ0) is 13.8. The molecule has 0 amide bonds. The highest BCUT2D eigenvalue weighted by Crippen LogP contribution is 2.29. The molecule has 5 heteroatoms. The molecule has 0 saturated carbocycles. The summed E-state index contributed by atoms with van der Waals surface area (Å²) in [7, 11) is 0. The minimum Gasteiger partial charge on any atom is -0.486 e. The predicted octanol–water partition coefficient (Wildman–Crippen LogP) is 3.76. The van der Waals surface area contributed by atoms with Gasteiger partial charge in [0.15, 0.2) is 5.75 Å². The summed E-state index contributed by atoms with van der Waals surface area (Å²) in [6.07, 6.45) is 0. The van der Waals surface area contributed by atoms with Crippen LogP contribution < -0.4 is 4.74 Å². The van der Waals surface area contributed by atoms with E-state index in [0.717, 1.165) is 0 Å². The first kappa shape index (κ1) is 13.4. The van der Waals surface area contributed by atoms with Crippen molar-refractivity contribution < 1.29 is 19.0 Å². The lowest BCUT2D eigenvalue weighted by Crippen LogP contribution is -2.05. The summed E-state index contributed by atoms with van der Waals surface area (Å²) >= 11 is 5.90. The number of aromatic carboxylic acids is 1. The van der Waals surface area contributed by atoms with Crippen LogP contribution in [0.1, 0.15) is 15.9 Å². The van der Waals surface area contributed by atoms with Gasteiger partial charge >= 0.3 is 5.97 Å². The fraction of sp³-hybridized carbons (Fsp3) is 0.0714. The SMILES string of the molecule is O=C(O)c1cccc(Cl)c1OCc1ccccc1F. The number of hydrogen-bond donors (Lipinski definition) is 1. The molecule has 2 rings (SSSR count). The molecule has 0 aromatic heterocycles. The minimum absolute atomic E-state index is 0.0416. The molecule has 0 saturated heterocycles. The maximum atomic E-state index is 13.4. The van der Waals surface area contributed by atoms with Crippen molar-refractivity contribution in [2.24, 2.45) is 0 Å². The molecule has 98 valence electrons. The molecule has 19 heavy (non-hydrogen) atoms. The van der Waals surface area contributed by atoms with E-state index < -0.39 is 11.8 Å². The van der Waals surface area contributed by atoms with Crippen LogP contribution in [0.4, 0.5) is 4.39 Å². The third-order valence-electron chi connectivity index (χ3n) is 2.53. The fourth-order valence-electron chi connectivity index (χ4n) is 1.59. The summed E-state index contributed by atoms with van der Waals surface area (Å²) in [6, 6.07) is 10.5. The Morgan fingerprint density at radius 1 is 1.21 bits per heavy atom. The monoisotopic (exact) mass is 280 g/mol. The van der Waals surface area contributed by atoms with E-state index in [-0.39, 0.29) is 22.9 Å². The van der Waals surface area contributed by atoms with Gasteiger partial charge in [0.25, 0.3) is 0 Å². The van der Waals surface area contributed by atoms with Crippen LogP contribution in [-0.2, 0) is 6.61 Å². The second kappa shape index (κ2) is 5.71. The lowest BCUT2D eigenvalue weighted by Gasteiger charge is -2.11. The van der Waals surface area contributed by atoms with Crippen molar-refractivity contribution in [3.63, 3.8) is 0 Å². The van der Waals surface area contributed by atoms with Gasteiger partial charge in [-0.15, -0.1) is 0 Å². The van der Waals surface area contributed by atoms with E-state index in [1.54, 1.807) is 18.2 Å². The van der Waals surface area contributed by atoms with Gasteiger partial charge in [0.05, 0.1) is 5.02 Å². The van der Waals surface area contributed by atoms with Gasteiger partial charge in [-0.3, -0.25) is 0 Å². The van der Waals surface area contributed by atoms with Gasteiger partial charge in [-0.25, -0.2) is 9.18 Å². The molecule has 2 aromatic carbocycles. The average molecular weight is 281 g/mol. The Kier molecular flexibility index (Phi) is 4.02. The number of carboxylic acids is 1. The van der Waals surface area contributed by atoms with Crippen LogP contribution in [0.25, 0.3) is 0 Å². The predicted molar refractivity (Wildman–Crippen MR) is 69.1 cm³/mol. The number of benzene rings is 2. The molecule has 0 aliphatic carbocycles. The Labute approximate surface area is 114 Å². The van der Waals surface area contributed by atoms with Crippen LogP contribution in [0.2, 0.25) is 5.02 Å². The number of halogens is 2. The van der Waals surface area contributed by atoms with Gasteiger partial charge < -0.3 is 9.84 Å². The molecule has 0 atom stereocenters. The molecule has 0 spiro atoms. The maximum absolute atomic E-state index is 13.4. The van der Waals surface area contributed by atoms with Gasteiger partial charge in [-0.2, -0.15) is 0 Å². The van der Waals surface area contributed by atoms with Crippen molar-refractivity contribution in [3.8, 4) is 5.75 Å². The summed E-state index contributed by atoms with van der Waals surface area (Å²) in [6.45, 7) is -0.0866. The van der Waals surface area contributed by atoms with Crippen LogP contribution >= 0.6 is 11.6 Å². The number of ether oxygens (including phenoxy) is 1. The second-order valence-electron chi connectivity index (χ2n) is 3.80. The molecule has 0 radical (unpaired) electrons. The molecular weight excluding hydrogens is 271 g/mol. The van der Waals surface area contributed by atoms with E-state index in [4.69, 9.17) is 21.4 Å². The standard InChI is InChI=1S/C14H10ClFO3/c15-11-6-3-5-10(14(17)18)13(11)19-8-9-4-1-2-7-12(9)16/h1-7H,8H2,(H,17,18). The molecule has 0 heterocycles.